The van der Waals surface area contributed by atoms with Crippen LogP contribution in [0, 0.1) is 26.6 Å². The van der Waals surface area contributed by atoms with Crippen LogP contribution in [0.15, 0.2) is 59.5 Å². The predicted octanol–water partition coefficient (Wildman–Crippen LogP) is 8.85. The second kappa shape index (κ2) is 14.2. The predicted molar refractivity (Wildman–Crippen MR) is 182 cm³/mol. The number of hydrogen-bond acceptors (Lipinski definition) is 5. The Bertz CT molecular complexity index is 1670. The fourth-order valence-corrected chi connectivity index (χ4v) is 7.32. The lowest BCUT2D eigenvalue weighted by atomic mass is 9.96. The van der Waals surface area contributed by atoms with Crippen molar-refractivity contribution in [3.63, 3.8) is 0 Å². The molecule has 44 heavy (non-hydrogen) atoms. The third-order valence-electron chi connectivity index (χ3n) is 8.30. The third-order valence-corrected chi connectivity index (χ3v) is 9.65. The van der Waals surface area contributed by atoms with Gasteiger partial charge in [0.1, 0.15) is 11.6 Å². The molecule has 8 heteroatoms. The highest BCUT2D eigenvalue weighted by molar-refractivity contribution is 7.98. The molecule has 0 amide bonds. The smallest absolute Gasteiger partial charge is 0.340 e. The molecule has 0 fully saturated rings. The number of nitrogens with zero attached hydrogens (tertiary/aromatic N) is 2. The van der Waals surface area contributed by atoms with E-state index in [4.69, 9.17) is 4.74 Å². The first-order chi connectivity index (χ1) is 20.6. The van der Waals surface area contributed by atoms with E-state index >= 15 is 0 Å². The topological polar surface area (TPSA) is 54.7 Å². The maximum Gasteiger partial charge on any atom is 0.340 e. The van der Waals surface area contributed by atoms with Gasteiger partial charge < -0.3 is 14.4 Å². The van der Waals surface area contributed by atoms with Crippen LogP contribution in [-0.4, -0.2) is 46.3 Å². The number of thioether (sulfide) groups is 1. The van der Waals surface area contributed by atoms with Crippen LogP contribution in [0.3, 0.4) is 0 Å². The molecule has 5 rings (SSSR count). The van der Waals surface area contributed by atoms with Gasteiger partial charge in [-0.2, -0.15) is 0 Å². The zero-order valence-electron chi connectivity index (χ0n) is 26.4. The summed E-state index contributed by atoms with van der Waals surface area (Å²) in [6, 6.07) is 15.0. The van der Waals surface area contributed by atoms with Gasteiger partial charge >= 0.3 is 5.97 Å². The Labute approximate surface area is 270 Å². The summed E-state index contributed by atoms with van der Waals surface area (Å²) >= 11 is 1.70. The number of benzene rings is 3. The third kappa shape index (κ3) is 7.01. The molecule has 0 unspecified atom stereocenters. The van der Waals surface area contributed by atoms with Gasteiger partial charge in [0.15, 0.2) is 0 Å². The molecule has 3 aromatic carbocycles. The summed E-state index contributed by atoms with van der Waals surface area (Å²) in [5.74, 6) is -0.0152. The SMILES string of the molecule is CCOC(=O)c1c(CSc2c(C)cc(C)cc2C)n(Cc2ccc(F)cc2)c2cc(C3=CCN(C(C)C)CC3)c(O)cc12.Cl. The molecule has 0 spiro atoms. The zero-order valence-corrected chi connectivity index (χ0v) is 28.0. The molecular weight excluding hydrogens is 595 g/mol. The molecule has 4 aromatic rings. The second-order valence-electron chi connectivity index (χ2n) is 11.7. The van der Waals surface area contributed by atoms with Crippen molar-refractivity contribution in [3.05, 3.63) is 99.5 Å². The highest BCUT2D eigenvalue weighted by atomic mass is 35.5. The first-order valence-electron chi connectivity index (χ1n) is 15.0. The summed E-state index contributed by atoms with van der Waals surface area (Å²) in [5, 5.41) is 12.0. The normalized spacial score (nSPS) is 13.7. The molecule has 234 valence electrons. The molecule has 5 nitrogen and oxygen atoms in total. The van der Waals surface area contributed by atoms with Crippen LogP contribution >= 0.6 is 24.2 Å². The Morgan fingerprint density at radius 1 is 1.07 bits per heavy atom. The van der Waals surface area contributed by atoms with Crippen LogP contribution in [-0.2, 0) is 17.0 Å². The molecule has 1 N–H and O–H groups in total. The maximum atomic E-state index is 13.8. The van der Waals surface area contributed by atoms with E-state index < -0.39 is 5.97 Å². The molecule has 0 saturated carbocycles. The van der Waals surface area contributed by atoms with Crippen molar-refractivity contribution in [3.8, 4) is 5.75 Å². The first kappa shape index (κ1) is 33.6. The van der Waals surface area contributed by atoms with Crippen molar-refractivity contribution in [2.24, 2.45) is 0 Å². The fraction of sp³-hybridized carbons (Fsp3) is 0.361. The molecule has 0 aliphatic carbocycles. The van der Waals surface area contributed by atoms with Crippen molar-refractivity contribution in [1.82, 2.24) is 9.47 Å². The number of aromatic hydroxyl groups is 1. The average molecular weight is 637 g/mol. The average Bonchev–Trinajstić information content (AvgIpc) is 3.25. The molecule has 0 atom stereocenters. The lowest BCUT2D eigenvalue weighted by Crippen LogP contribution is -2.34. The molecule has 0 bridgehead atoms. The van der Waals surface area contributed by atoms with Crippen molar-refractivity contribution in [2.75, 3.05) is 19.7 Å². The van der Waals surface area contributed by atoms with Gasteiger partial charge in [-0.1, -0.05) is 35.9 Å². The quantitative estimate of drug-likeness (QED) is 0.147. The van der Waals surface area contributed by atoms with Gasteiger partial charge in [0.2, 0.25) is 0 Å². The van der Waals surface area contributed by atoms with Crippen LogP contribution in [0.1, 0.15) is 71.1 Å². The lowest BCUT2D eigenvalue weighted by molar-refractivity contribution is 0.0527. The Hall–Kier alpha value is -3.26. The van der Waals surface area contributed by atoms with E-state index in [0.29, 0.717) is 29.3 Å². The van der Waals surface area contributed by atoms with Crippen LogP contribution in [0.4, 0.5) is 4.39 Å². The van der Waals surface area contributed by atoms with Crippen LogP contribution in [0.2, 0.25) is 0 Å². The Balaban J connectivity index is 0.00000442. The van der Waals surface area contributed by atoms with E-state index in [-0.39, 0.29) is 30.6 Å². The molecular formula is C36H42ClFN2O3S. The van der Waals surface area contributed by atoms with Gasteiger partial charge in [0, 0.05) is 53.0 Å². The first-order valence-corrected chi connectivity index (χ1v) is 16.0. The number of ether oxygens (including phenoxy) is 1. The minimum Gasteiger partial charge on any atom is -0.507 e. The van der Waals surface area contributed by atoms with E-state index in [1.165, 1.54) is 33.7 Å². The van der Waals surface area contributed by atoms with Gasteiger partial charge in [0.25, 0.3) is 0 Å². The molecule has 1 aliphatic rings. The number of rotatable bonds is 9. The van der Waals surface area contributed by atoms with Crippen LogP contribution in [0.5, 0.6) is 5.75 Å². The van der Waals surface area contributed by atoms with Gasteiger partial charge in [-0.15, -0.1) is 24.2 Å². The largest absolute Gasteiger partial charge is 0.507 e. The van der Waals surface area contributed by atoms with Crippen molar-refractivity contribution >= 4 is 46.6 Å². The minimum atomic E-state index is -0.407. The molecule has 0 radical (unpaired) electrons. The summed E-state index contributed by atoms with van der Waals surface area (Å²) in [5.41, 5.74) is 8.55. The van der Waals surface area contributed by atoms with E-state index in [0.717, 1.165) is 47.4 Å². The monoisotopic (exact) mass is 636 g/mol. The van der Waals surface area contributed by atoms with Gasteiger partial charge in [0.05, 0.1) is 17.7 Å². The Morgan fingerprint density at radius 3 is 2.34 bits per heavy atom. The second-order valence-corrected chi connectivity index (χ2v) is 12.7. The molecule has 1 aromatic heterocycles. The maximum absolute atomic E-state index is 13.8. The molecule has 0 saturated heterocycles. The van der Waals surface area contributed by atoms with Crippen molar-refractivity contribution in [2.45, 2.75) is 71.2 Å². The number of phenolic OH excluding ortho intramolecular Hbond substituents is 1. The standard InChI is InChI=1S/C36H41FN2O3S.ClH/c1-7-42-36(41)34-30-19-33(40)29(27-12-14-38(15-13-27)22(2)3)18-31(30)39(20-26-8-10-28(37)11-9-26)32(34)21-43-35-24(5)16-23(4)17-25(35)6;/h8-12,16-19,22,40H,7,13-15,20-21H2,1-6H3;1H. The number of aromatic nitrogens is 1. The van der Waals surface area contributed by atoms with E-state index in [1.54, 1.807) is 36.9 Å². The summed E-state index contributed by atoms with van der Waals surface area (Å²) in [6.45, 7) is 15.0. The zero-order chi connectivity index (χ0) is 30.8. The van der Waals surface area contributed by atoms with E-state index in [9.17, 15) is 14.3 Å². The lowest BCUT2D eigenvalue weighted by Gasteiger charge is -2.30. The van der Waals surface area contributed by atoms with Crippen LogP contribution in [0.25, 0.3) is 16.5 Å². The summed E-state index contributed by atoms with van der Waals surface area (Å²) in [6.07, 6.45) is 3.03. The van der Waals surface area contributed by atoms with E-state index in [1.807, 2.05) is 6.07 Å². The Kier molecular flexibility index (Phi) is 10.9. The van der Waals surface area contributed by atoms with Gasteiger partial charge in [-0.25, -0.2) is 9.18 Å². The number of aryl methyl sites for hydroxylation is 3. The number of halogens is 2. The highest BCUT2D eigenvalue weighted by Gasteiger charge is 2.27. The van der Waals surface area contributed by atoms with Gasteiger partial charge in [-0.05, 0) is 94.5 Å². The van der Waals surface area contributed by atoms with Crippen molar-refractivity contribution < 1.29 is 19.0 Å². The summed E-state index contributed by atoms with van der Waals surface area (Å²) in [4.78, 5) is 17.2. The number of carbonyl (C=O) groups is 1. The summed E-state index contributed by atoms with van der Waals surface area (Å²) < 4.78 is 21.6. The number of phenols is 1. The van der Waals surface area contributed by atoms with Gasteiger partial charge in [-0.3, -0.25) is 4.90 Å². The number of carbonyl (C=O) groups excluding carboxylic acids is 1. The minimum absolute atomic E-state index is 0. The molecule has 2 heterocycles. The number of esters is 1. The number of hydrogen-bond donors (Lipinski definition) is 1. The summed E-state index contributed by atoms with van der Waals surface area (Å²) in [7, 11) is 0. The van der Waals surface area contributed by atoms with Crippen molar-refractivity contribution in [1.29, 1.82) is 0 Å². The molecule has 1 aliphatic heterocycles. The fourth-order valence-electron chi connectivity index (χ4n) is 6.16. The Morgan fingerprint density at radius 2 is 1.75 bits per heavy atom. The van der Waals surface area contributed by atoms with Crippen LogP contribution < -0.4 is 0 Å². The highest BCUT2D eigenvalue weighted by Crippen LogP contribution is 2.40. The number of fused-ring (bicyclic) bond motifs is 1. The van der Waals surface area contributed by atoms with E-state index in [2.05, 4.69) is 62.3 Å².